The van der Waals surface area contributed by atoms with Gasteiger partial charge in [0.05, 0.1) is 0 Å². The van der Waals surface area contributed by atoms with E-state index in [0.717, 1.165) is 25.9 Å². The van der Waals surface area contributed by atoms with Crippen LogP contribution in [0.1, 0.15) is 81.1 Å². The van der Waals surface area contributed by atoms with Crippen molar-refractivity contribution in [1.29, 1.82) is 0 Å². The molecule has 0 bridgehead atoms. The second-order valence-electron chi connectivity index (χ2n) is 6.19. The SMILES string of the molecule is CC(C)CN.CC(C)N.CC(C)O.CCCCN.CCCCO. The largest absolute Gasteiger partial charge is 0.396 e. The molecule has 0 fully saturated rings. The predicted octanol–water partition coefficient (Wildman–Crippen LogP) is 2.87. The van der Waals surface area contributed by atoms with E-state index < -0.39 is 0 Å². The van der Waals surface area contributed by atoms with Crippen LogP contribution in [0.4, 0.5) is 0 Å². The van der Waals surface area contributed by atoms with Gasteiger partial charge in [-0.3, -0.25) is 0 Å². The van der Waals surface area contributed by atoms with Crippen LogP contribution >= 0.6 is 0 Å². The number of aliphatic hydroxyl groups excluding tert-OH is 2. The minimum Gasteiger partial charge on any atom is -0.396 e. The lowest BCUT2D eigenvalue weighted by Gasteiger charge is -1.91. The highest BCUT2D eigenvalue weighted by Gasteiger charge is 1.80. The summed E-state index contributed by atoms with van der Waals surface area (Å²) in [5.74, 6) is 0.662. The molecule has 0 aliphatic rings. The fourth-order valence-electron chi connectivity index (χ4n) is 0.362. The zero-order valence-electron chi connectivity index (χ0n) is 17.3. The van der Waals surface area contributed by atoms with Gasteiger partial charge in [-0.1, -0.05) is 54.4 Å². The summed E-state index contributed by atoms with van der Waals surface area (Å²) in [4.78, 5) is 0. The van der Waals surface area contributed by atoms with Gasteiger partial charge in [0, 0.05) is 12.7 Å². The molecule has 23 heavy (non-hydrogen) atoms. The highest BCUT2D eigenvalue weighted by Crippen LogP contribution is 1.81. The molecule has 0 aromatic heterocycles. The van der Waals surface area contributed by atoms with Crippen LogP contribution in [-0.4, -0.2) is 42.1 Å². The standard InChI is InChI=1S/2C4H11N.C4H10O.C3H9N.C3H8O/c1-4(2)3-5;2*1-2-3-4-5;2*1-3(2)4/h4H,3,5H2,1-2H3;2-5H2,1H3;5H,2-4H2,1H3;3H,4H2,1-2H3;3-4H,1-2H3. The van der Waals surface area contributed by atoms with Crippen molar-refractivity contribution >= 4 is 0 Å². The van der Waals surface area contributed by atoms with Gasteiger partial charge in [0.15, 0.2) is 0 Å². The molecule has 0 amide bonds. The molecule has 0 saturated heterocycles. The van der Waals surface area contributed by atoms with Gasteiger partial charge in [-0.15, -0.1) is 0 Å². The van der Waals surface area contributed by atoms with Gasteiger partial charge in [0.2, 0.25) is 0 Å². The van der Waals surface area contributed by atoms with E-state index in [0.29, 0.717) is 18.6 Å². The van der Waals surface area contributed by atoms with E-state index in [1.54, 1.807) is 13.8 Å². The second kappa shape index (κ2) is 37.8. The smallest absolute Gasteiger partial charge is 0.0483 e. The molecule has 0 saturated carbocycles. The van der Waals surface area contributed by atoms with E-state index in [4.69, 9.17) is 27.4 Å². The zero-order valence-corrected chi connectivity index (χ0v) is 17.3. The number of hydrogen-bond donors (Lipinski definition) is 5. The van der Waals surface area contributed by atoms with Crippen LogP contribution in [0.15, 0.2) is 0 Å². The first-order chi connectivity index (χ1) is 10.6. The summed E-state index contributed by atoms with van der Waals surface area (Å²) in [5, 5.41) is 16.1. The molecular weight excluding hydrogens is 290 g/mol. The molecular formula is C18H49N3O2. The second-order valence-corrected chi connectivity index (χ2v) is 6.19. The van der Waals surface area contributed by atoms with Crippen molar-refractivity contribution in [3.05, 3.63) is 0 Å². The normalized spacial score (nSPS) is 8.87. The average molecular weight is 340 g/mol. The van der Waals surface area contributed by atoms with E-state index in [1.807, 2.05) is 13.8 Å². The summed E-state index contributed by atoms with van der Waals surface area (Å²) < 4.78 is 0. The number of rotatable bonds is 5. The summed E-state index contributed by atoms with van der Waals surface area (Å²) in [5.41, 5.74) is 15.4. The number of hydrogen-bond acceptors (Lipinski definition) is 5. The van der Waals surface area contributed by atoms with Crippen molar-refractivity contribution in [3.63, 3.8) is 0 Å². The summed E-state index contributed by atoms with van der Waals surface area (Å²) in [6, 6.07) is 0.333. The first-order valence-electron chi connectivity index (χ1n) is 9.01. The van der Waals surface area contributed by atoms with E-state index in [1.165, 1.54) is 12.8 Å². The van der Waals surface area contributed by atoms with Crippen molar-refractivity contribution in [1.82, 2.24) is 0 Å². The van der Waals surface area contributed by atoms with Crippen LogP contribution in [0.3, 0.4) is 0 Å². The Morgan fingerprint density at radius 2 is 1.09 bits per heavy atom. The van der Waals surface area contributed by atoms with Crippen molar-refractivity contribution in [2.45, 2.75) is 93.2 Å². The number of nitrogens with two attached hydrogens (primary N) is 3. The molecule has 5 heteroatoms. The topological polar surface area (TPSA) is 119 Å². The van der Waals surface area contributed by atoms with Crippen molar-refractivity contribution in [2.24, 2.45) is 23.1 Å². The Labute approximate surface area is 147 Å². The van der Waals surface area contributed by atoms with Gasteiger partial charge in [-0.2, -0.15) is 0 Å². The van der Waals surface area contributed by atoms with Crippen molar-refractivity contribution < 1.29 is 10.2 Å². The molecule has 148 valence electrons. The molecule has 5 nitrogen and oxygen atoms in total. The maximum atomic E-state index is 8.07. The minimum absolute atomic E-state index is 0.167. The van der Waals surface area contributed by atoms with E-state index >= 15 is 0 Å². The first-order valence-corrected chi connectivity index (χ1v) is 9.01. The molecule has 0 unspecified atom stereocenters. The van der Waals surface area contributed by atoms with Gasteiger partial charge in [-0.25, -0.2) is 0 Å². The maximum Gasteiger partial charge on any atom is 0.0483 e. The predicted molar refractivity (Wildman–Crippen MR) is 107 cm³/mol. The summed E-state index contributed by atoms with van der Waals surface area (Å²) >= 11 is 0. The highest BCUT2D eigenvalue weighted by atomic mass is 16.3. The van der Waals surface area contributed by atoms with E-state index in [2.05, 4.69) is 27.7 Å². The zero-order chi connectivity index (χ0) is 19.7. The van der Waals surface area contributed by atoms with Gasteiger partial charge >= 0.3 is 0 Å². The van der Waals surface area contributed by atoms with Gasteiger partial charge in [0.1, 0.15) is 0 Å². The number of aliphatic hydroxyl groups is 2. The van der Waals surface area contributed by atoms with Crippen LogP contribution in [-0.2, 0) is 0 Å². The van der Waals surface area contributed by atoms with Crippen LogP contribution in [0.5, 0.6) is 0 Å². The lowest BCUT2D eigenvalue weighted by molar-refractivity contribution is 0.216. The van der Waals surface area contributed by atoms with Gasteiger partial charge in [0.25, 0.3) is 0 Å². The molecule has 8 N–H and O–H groups in total. The Balaban J connectivity index is -0.0000000589. The quantitative estimate of drug-likeness (QED) is 0.528. The van der Waals surface area contributed by atoms with Crippen LogP contribution in [0, 0.1) is 5.92 Å². The fourth-order valence-corrected chi connectivity index (χ4v) is 0.362. The molecule has 0 heterocycles. The summed E-state index contributed by atoms with van der Waals surface area (Å²) in [6.07, 6.45) is 4.26. The third-order valence-electron chi connectivity index (χ3n) is 1.54. The molecule has 0 aromatic carbocycles. The Morgan fingerprint density at radius 1 is 0.826 bits per heavy atom. The molecule has 0 rings (SSSR count). The van der Waals surface area contributed by atoms with E-state index in [-0.39, 0.29) is 6.10 Å². The highest BCUT2D eigenvalue weighted by molar-refractivity contribution is 4.38. The lowest BCUT2D eigenvalue weighted by Crippen LogP contribution is -2.06. The molecule has 0 radical (unpaired) electrons. The third kappa shape index (κ3) is 254. The van der Waals surface area contributed by atoms with E-state index in [9.17, 15) is 0 Å². The molecule has 0 aliphatic heterocycles. The molecule has 0 spiro atoms. The fraction of sp³-hybridized carbons (Fsp3) is 1.00. The van der Waals surface area contributed by atoms with Crippen molar-refractivity contribution in [2.75, 3.05) is 19.7 Å². The number of unbranched alkanes of at least 4 members (excludes halogenated alkanes) is 2. The first kappa shape index (κ1) is 34.2. The van der Waals surface area contributed by atoms with Gasteiger partial charge in [-0.05, 0) is 51.7 Å². The van der Waals surface area contributed by atoms with Gasteiger partial charge < -0.3 is 27.4 Å². The molecule has 0 aromatic rings. The van der Waals surface area contributed by atoms with Crippen LogP contribution in [0.25, 0.3) is 0 Å². The monoisotopic (exact) mass is 339 g/mol. The van der Waals surface area contributed by atoms with Crippen LogP contribution in [0.2, 0.25) is 0 Å². The van der Waals surface area contributed by atoms with Crippen LogP contribution < -0.4 is 17.2 Å². The maximum absolute atomic E-state index is 8.07. The summed E-state index contributed by atoms with van der Waals surface area (Å²) in [7, 11) is 0. The average Bonchev–Trinajstić information content (AvgIpc) is 2.40. The third-order valence-corrected chi connectivity index (χ3v) is 1.54. The Bertz CT molecular complexity index is 123. The lowest BCUT2D eigenvalue weighted by atomic mass is 10.2. The minimum atomic E-state index is -0.167. The Hall–Kier alpha value is -0.200. The molecule has 0 atom stereocenters. The van der Waals surface area contributed by atoms with Crippen molar-refractivity contribution in [3.8, 4) is 0 Å². The Kier molecular flexibility index (Phi) is 56.2. The Morgan fingerprint density at radius 3 is 1.09 bits per heavy atom. The summed E-state index contributed by atoms with van der Waals surface area (Å²) in [6.45, 7) is 17.7. The molecule has 0 aliphatic carbocycles.